The summed E-state index contributed by atoms with van der Waals surface area (Å²) in [7, 11) is 0. The Labute approximate surface area is 115 Å². The smallest absolute Gasteiger partial charge is 0.335 e. The van der Waals surface area contributed by atoms with Gasteiger partial charge in [0.2, 0.25) is 0 Å². The molecule has 0 radical (unpaired) electrons. The lowest BCUT2D eigenvalue weighted by molar-refractivity contribution is 0.0697. The minimum absolute atomic E-state index is 0.206. The second-order valence-electron chi connectivity index (χ2n) is 3.96. The highest BCUT2D eigenvalue weighted by molar-refractivity contribution is 7.98. The Morgan fingerprint density at radius 3 is 2.74 bits per heavy atom. The second-order valence-corrected chi connectivity index (χ2v) is 4.84. The van der Waals surface area contributed by atoms with E-state index in [9.17, 15) is 4.79 Å². The van der Waals surface area contributed by atoms with Gasteiger partial charge in [-0.2, -0.15) is 0 Å². The Bertz CT molecular complexity index is 614. The van der Waals surface area contributed by atoms with E-state index < -0.39 is 5.97 Å². The maximum Gasteiger partial charge on any atom is 0.335 e. The van der Waals surface area contributed by atoms with Crippen LogP contribution >= 0.6 is 11.8 Å². The first kappa shape index (κ1) is 13.3. The predicted octanol–water partition coefficient (Wildman–Crippen LogP) is 3.43. The molecule has 2 aromatic carbocycles. The quantitative estimate of drug-likeness (QED) is 0.588. The average molecular weight is 274 g/mol. The van der Waals surface area contributed by atoms with Crippen LogP contribution in [-0.2, 0) is 0 Å². The van der Waals surface area contributed by atoms with Crippen molar-refractivity contribution >= 4 is 34.8 Å². The van der Waals surface area contributed by atoms with Crippen molar-refractivity contribution in [2.75, 3.05) is 17.3 Å². The summed E-state index contributed by atoms with van der Waals surface area (Å²) in [4.78, 5) is 12.1. The number of aromatic carboxylic acids is 1. The average Bonchev–Trinajstić information content (AvgIpc) is 2.41. The van der Waals surface area contributed by atoms with E-state index in [1.807, 2.05) is 30.5 Å². The summed E-state index contributed by atoms with van der Waals surface area (Å²) in [5.41, 5.74) is 8.04. The van der Waals surface area contributed by atoms with Crippen molar-refractivity contribution in [2.24, 2.45) is 0 Å². The maximum absolute atomic E-state index is 10.9. The van der Waals surface area contributed by atoms with E-state index in [2.05, 4.69) is 5.32 Å². The fraction of sp³-hybridized carbons (Fsp3) is 0.0714. The molecule has 5 heteroatoms. The summed E-state index contributed by atoms with van der Waals surface area (Å²) in [5, 5.41) is 12.1. The van der Waals surface area contributed by atoms with Crippen LogP contribution in [0.15, 0.2) is 47.4 Å². The molecule has 0 aliphatic heterocycles. The van der Waals surface area contributed by atoms with E-state index in [4.69, 9.17) is 10.8 Å². The molecule has 0 unspecified atom stereocenters. The molecule has 0 atom stereocenters. The zero-order valence-corrected chi connectivity index (χ0v) is 11.2. The molecule has 19 heavy (non-hydrogen) atoms. The number of benzene rings is 2. The largest absolute Gasteiger partial charge is 0.478 e. The van der Waals surface area contributed by atoms with Crippen molar-refractivity contribution in [1.29, 1.82) is 0 Å². The van der Waals surface area contributed by atoms with E-state index in [1.54, 1.807) is 17.8 Å². The Morgan fingerprint density at radius 1 is 1.26 bits per heavy atom. The Hall–Kier alpha value is -2.14. The number of nitrogen functional groups attached to an aromatic ring is 1. The molecule has 4 nitrogen and oxygen atoms in total. The number of nitrogens with two attached hydrogens (primary N) is 1. The van der Waals surface area contributed by atoms with Gasteiger partial charge in [-0.15, -0.1) is 11.8 Å². The first-order valence-electron chi connectivity index (χ1n) is 5.64. The van der Waals surface area contributed by atoms with Gasteiger partial charge in [0.15, 0.2) is 0 Å². The molecular weight excluding hydrogens is 260 g/mol. The molecule has 2 rings (SSSR count). The van der Waals surface area contributed by atoms with Crippen LogP contribution in [0.4, 0.5) is 17.1 Å². The van der Waals surface area contributed by atoms with E-state index in [0.717, 1.165) is 10.6 Å². The van der Waals surface area contributed by atoms with E-state index in [-0.39, 0.29) is 5.56 Å². The molecule has 0 aliphatic carbocycles. The van der Waals surface area contributed by atoms with Crippen LogP contribution in [0.3, 0.4) is 0 Å². The number of carbonyl (C=O) groups is 1. The highest BCUT2D eigenvalue weighted by Crippen LogP contribution is 2.26. The predicted molar refractivity (Wildman–Crippen MR) is 79.3 cm³/mol. The van der Waals surface area contributed by atoms with Gasteiger partial charge in [0.05, 0.1) is 16.9 Å². The van der Waals surface area contributed by atoms with Crippen molar-refractivity contribution in [3.8, 4) is 0 Å². The number of thioether (sulfide) groups is 1. The monoisotopic (exact) mass is 274 g/mol. The maximum atomic E-state index is 10.9. The van der Waals surface area contributed by atoms with Crippen LogP contribution in [0.25, 0.3) is 0 Å². The highest BCUT2D eigenvalue weighted by Gasteiger charge is 2.07. The van der Waals surface area contributed by atoms with Crippen LogP contribution in [0.5, 0.6) is 0 Å². The van der Waals surface area contributed by atoms with Crippen LogP contribution in [0.2, 0.25) is 0 Å². The molecule has 0 heterocycles. The molecule has 4 N–H and O–H groups in total. The molecule has 0 saturated heterocycles. The van der Waals surface area contributed by atoms with Gasteiger partial charge in [0.1, 0.15) is 0 Å². The van der Waals surface area contributed by atoms with Crippen molar-refractivity contribution in [2.45, 2.75) is 4.90 Å². The molecule has 0 amide bonds. The number of rotatable bonds is 4. The number of hydrogen-bond donors (Lipinski definition) is 3. The first-order chi connectivity index (χ1) is 9.10. The third-order valence-corrected chi connectivity index (χ3v) is 3.37. The molecule has 0 aliphatic rings. The Kier molecular flexibility index (Phi) is 3.97. The summed E-state index contributed by atoms with van der Waals surface area (Å²) in [5.74, 6) is -0.971. The molecule has 0 fully saturated rings. The van der Waals surface area contributed by atoms with Gasteiger partial charge in [0.25, 0.3) is 0 Å². The third-order valence-electron chi connectivity index (χ3n) is 2.65. The Morgan fingerprint density at radius 2 is 2.05 bits per heavy atom. The zero-order valence-electron chi connectivity index (χ0n) is 10.4. The molecular formula is C14H14N2O2S. The van der Waals surface area contributed by atoms with Gasteiger partial charge < -0.3 is 16.2 Å². The molecule has 98 valence electrons. The third kappa shape index (κ3) is 3.20. The van der Waals surface area contributed by atoms with Gasteiger partial charge in [-0.25, -0.2) is 4.79 Å². The molecule has 0 spiro atoms. The normalized spacial score (nSPS) is 10.2. The topological polar surface area (TPSA) is 75.3 Å². The lowest BCUT2D eigenvalue weighted by Crippen LogP contribution is -2.01. The second kappa shape index (κ2) is 5.67. The standard InChI is InChI=1S/C14H14N2O2S/c1-19-11-4-2-3-10(8-11)16-13-7-9(14(17)18)5-6-12(13)15/h2-8,16H,15H2,1H3,(H,17,18). The number of carboxylic acid groups (broad SMARTS) is 1. The van der Waals surface area contributed by atoms with Crippen LogP contribution in [0.1, 0.15) is 10.4 Å². The van der Waals surface area contributed by atoms with Crippen molar-refractivity contribution in [1.82, 2.24) is 0 Å². The fourth-order valence-corrected chi connectivity index (χ4v) is 2.11. The molecule has 0 saturated carbocycles. The fourth-order valence-electron chi connectivity index (χ4n) is 1.65. The summed E-state index contributed by atoms with van der Waals surface area (Å²) >= 11 is 1.64. The van der Waals surface area contributed by atoms with Crippen molar-refractivity contribution in [3.63, 3.8) is 0 Å². The molecule has 0 bridgehead atoms. The lowest BCUT2D eigenvalue weighted by Gasteiger charge is -2.11. The minimum Gasteiger partial charge on any atom is -0.478 e. The van der Waals surface area contributed by atoms with Gasteiger partial charge >= 0.3 is 5.97 Å². The minimum atomic E-state index is -0.971. The van der Waals surface area contributed by atoms with Crippen LogP contribution in [0, 0.1) is 0 Å². The van der Waals surface area contributed by atoms with Crippen LogP contribution in [-0.4, -0.2) is 17.3 Å². The highest BCUT2D eigenvalue weighted by atomic mass is 32.2. The van der Waals surface area contributed by atoms with Crippen molar-refractivity contribution < 1.29 is 9.90 Å². The summed E-state index contributed by atoms with van der Waals surface area (Å²) in [6.07, 6.45) is 2.00. The van der Waals surface area contributed by atoms with E-state index >= 15 is 0 Å². The zero-order chi connectivity index (χ0) is 13.8. The number of carboxylic acids is 1. The number of hydrogen-bond acceptors (Lipinski definition) is 4. The summed E-state index contributed by atoms with van der Waals surface area (Å²) in [6.45, 7) is 0. The van der Waals surface area contributed by atoms with Gasteiger partial charge in [-0.3, -0.25) is 0 Å². The molecule has 0 aromatic heterocycles. The van der Waals surface area contributed by atoms with Crippen LogP contribution < -0.4 is 11.1 Å². The summed E-state index contributed by atoms with van der Waals surface area (Å²) in [6, 6.07) is 12.4. The van der Waals surface area contributed by atoms with E-state index in [1.165, 1.54) is 12.1 Å². The van der Waals surface area contributed by atoms with Crippen molar-refractivity contribution in [3.05, 3.63) is 48.0 Å². The lowest BCUT2D eigenvalue weighted by atomic mass is 10.1. The van der Waals surface area contributed by atoms with Gasteiger partial charge in [0, 0.05) is 10.6 Å². The number of anilines is 3. The molecule has 2 aromatic rings. The SMILES string of the molecule is CSc1cccc(Nc2cc(C(=O)O)ccc2N)c1. The van der Waals surface area contributed by atoms with E-state index in [0.29, 0.717) is 11.4 Å². The van der Waals surface area contributed by atoms with Gasteiger partial charge in [-0.05, 0) is 42.7 Å². The first-order valence-corrected chi connectivity index (χ1v) is 6.86. The Balaban J connectivity index is 2.31. The summed E-state index contributed by atoms with van der Waals surface area (Å²) < 4.78 is 0. The number of nitrogens with one attached hydrogen (secondary N) is 1. The van der Waals surface area contributed by atoms with Gasteiger partial charge in [-0.1, -0.05) is 6.07 Å².